The fourth-order valence-electron chi connectivity index (χ4n) is 8.14. The zero-order chi connectivity index (χ0) is 40.2. The summed E-state index contributed by atoms with van der Waals surface area (Å²) < 4.78 is 39.7. The summed E-state index contributed by atoms with van der Waals surface area (Å²) >= 11 is 6.40. The number of aromatic nitrogens is 4. The zero-order valence-corrected chi connectivity index (χ0v) is 34.3. The van der Waals surface area contributed by atoms with E-state index in [-0.39, 0.29) is 12.1 Å². The van der Waals surface area contributed by atoms with Crippen LogP contribution in [0.4, 0.5) is 11.9 Å². The summed E-state index contributed by atoms with van der Waals surface area (Å²) in [5, 5.41) is 3.74. The highest BCUT2D eigenvalue weighted by molar-refractivity contribution is 6.32. The van der Waals surface area contributed by atoms with Crippen molar-refractivity contribution < 1.29 is 33.2 Å². The maximum absolute atomic E-state index is 6.99. The number of hydrogen-bond acceptors (Lipinski definition) is 15. The Morgan fingerprint density at radius 2 is 1.30 bits per heavy atom. The largest absolute Gasteiger partial charge is 0.493 e. The number of nitrogens with two attached hydrogens (primary N) is 1. The monoisotopic (exact) mass is 802 g/mol. The first kappa shape index (κ1) is 40.0. The van der Waals surface area contributed by atoms with E-state index in [1.54, 1.807) is 47.7 Å². The molecule has 16 heteroatoms. The molecule has 7 rings (SSSR count). The fraction of sp³-hybridized carbons (Fsp3) is 0.463. The Balaban J connectivity index is 1.20. The van der Waals surface area contributed by atoms with Crippen LogP contribution >= 0.6 is 11.6 Å². The number of ether oxygens (including phenoxy) is 7. The van der Waals surface area contributed by atoms with Crippen LogP contribution in [0, 0.1) is 5.92 Å². The summed E-state index contributed by atoms with van der Waals surface area (Å²) in [5.74, 6) is 12.1. The molecule has 304 valence electrons. The van der Waals surface area contributed by atoms with E-state index in [1.807, 2.05) is 43.3 Å². The smallest absolute Gasteiger partial charge is 0.243 e. The minimum atomic E-state index is -0.0932. The molecule has 5 aromatic rings. The summed E-state index contributed by atoms with van der Waals surface area (Å²) in [7, 11) is 9.60. The second kappa shape index (κ2) is 17.5. The average molecular weight is 803 g/mol. The third kappa shape index (κ3) is 8.14. The number of piperidine rings is 2. The van der Waals surface area contributed by atoms with Gasteiger partial charge in [-0.2, -0.15) is 9.97 Å². The zero-order valence-electron chi connectivity index (χ0n) is 33.6. The van der Waals surface area contributed by atoms with E-state index in [0.717, 1.165) is 50.0 Å². The highest BCUT2D eigenvalue weighted by Crippen LogP contribution is 2.40. The number of hydrogen-bond donors (Lipinski definition) is 1. The number of anilines is 2. The molecule has 0 bridgehead atoms. The molecule has 0 radical (unpaired) electrons. The van der Waals surface area contributed by atoms with Gasteiger partial charge in [0.25, 0.3) is 0 Å². The predicted octanol–water partition coefficient (Wildman–Crippen LogP) is 6.31. The van der Waals surface area contributed by atoms with E-state index < -0.39 is 0 Å². The number of rotatable bonds is 14. The van der Waals surface area contributed by atoms with Crippen molar-refractivity contribution in [1.29, 1.82) is 0 Å². The van der Waals surface area contributed by atoms with Gasteiger partial charge in [-0.1, -0.05) is 17.7 Å². The number of fused-ring (bicyclic) bond motifs is 2. The van der Waals surface area contributed by atoms with Gasteiger partial charge in [-0.25, -0.2) is 15.8 Å². The number of benzene rings is 3. The lowest BCUT2D eigenvalue weighted by Gasteiger charge is -2.47. The first-order valence-corrected chi connectivity index (χ1v) is 19.5. The van der Waals surface area contributed by atoms with Crippen LogP contribution in [0.2, 0.25) is 5.02 Å². The van der Waals surface area contributed by atoms with Gasteiger partial charge in [0.05, 0.1) is 82.1 Å². The Morgan fingerprint density at radius 3 is 1.89 bits per heavy atom. The number of hydrazine groups is 1. The second-order valence-electron chi connectivity index (χ2n) is 14.2. The van der Waals surface area contributed by atoms with Gasteiger partial charge in [0.2, 0.25) is 23.7 Å². The van der Waals surface area contributed by atoms with Gasteiger partial charge in [0.15, 0.2) is 23.0 Å². The Kier molecular flexibility index (Phi) is 12.3. The van der Waals surface area contributed by atoms with E-state index >= 15 is 0 Å². The van der Waals surface area contributed by atoms with E-state index in [1.165, 1.54) is 5.56 Å². The standard InChI is InChI=1S/C41H51ClN8O7/c1-8-57-33-17-24(9-10-29(33)42)23-48-14-11-25(12-15-48)32-18-26(50(43)41-45-31-22-37(54-5)35(52-3)20-28(31)39(47-41)56-7)13-16-49(32)40-44-30-21-36(53-4)34(51-2)19-27(30)38(46-40)55-6/h9-10,17,19-22,25-26,32H,8,11-16,18,23,43H2,1-7H3. The molecule has 2 saturated heterocycles. The Morgan fingerprint density at radius 1 is 0.702 bits per heavy atom. The van der Waals surface area contributed by atoms with Gasteiger partial charge in [0.1, 0.15) is 5.75 Å². The minimum Gasteiger partial charge on any atom is -0.493 e. The summed E-state index contributed by atoms with van der Waals surface area (Å²) in [6.45, 7) is 5.83. The Hall–Kier alpha value is -5.25. The minimum absolute atomic E-state index is 0.0473. The molecule has 15 nitrogen and oxygen atoms in total. The first-order valence-electron chi connectivity index (χ1n) is 19.1. The number of methoxy groups -OCH3 is 6. The van der Waals surface area contributed by atoms with Crippen LogP contribution in [-0.2, 0) is 6.54 Å². The van der Waals surface area contributed by atoms with Crippen molar-refractivity contribution in [2.75, 3.05) is 78.8 Å². The van der Waals surface area contributed by atoms with Crippen molar-refractivity contribution >= 4 is 45.3 Å². The molecule has 2 unspecified atom stereocenters. The van der Waals surface area contributed by atoms with Crippen LogP contribution in [0.15, 0.2) is 42.5 Å². The Bertz CT molecular complexity index is 2210. The molecule has 2 aliphatic heterocycles. The molecule has 4 heterocycles. The third-order valence-electron chi connectivity index (χ3n) is 11.1. The van der Waals surface area contributed by atoms with Gasteiger partial charge < -0.3 is 38.1 Å². The van der Waals surface area contributed by atoms with Gasteiger partial charge in [0, 0.05) is 31.3 Å². The quantitative estimate of drug-likeness (QED) is 0.0986. The molecule has 57 heavy (non-hydrogen) atoms. The fourth-order valence-corrected chi connectivity index (χ4v) is 8.31. The van der Waals surface area contributed by atoms with E-state index in [2.05, 4.69) is 15.9 Å². The highest BCUT2D eigenvalue weighted by atomic mass is 35.5. The maximum atomic E-state index is 6.99. The molecule has 3 aromatic carbocycles. The molecule has 0 aliphatic carbocycles. The summed E-state index contributed by atoms with van der Waals surface area (Å²) in [5.41, 5.74) is 2.50. The van der Waals surface area contributed by atoms with Gasteiger partial charge in [-0.15, -0.1) is 0 Å². The molecule has 2 atom stereocenters. The van der Waals surface area contributed by atoms with Gasteiger partial charge in [-0.3, -0.25) is 9.91 Å². The van der Waals surface area contributed by atoms with Crippen molar-refractivity contribution in [1.82, 2.24) is 24.8 Å². The highest BCUT2D eigenvalue weighted by Gasteiger charge is 2.39. The van der Waals surface area contributed by atoms with Crippen LogP contribution in [-0.4, -0.2) is 106 Å². The normalized spacial score (nSPS) is 17.7. The van der Waals surface area contributed by atoms with Crippen molar-refractivity contribution in [3.05, 3.63) is 53.1 Å². The predicted molar refractivity (Wildman–Crippen MR) is 220 cm³/mol. The van der Waals surface area contributed by atoms with Crippen LogP contribution in [0.3, 0.4) is 0 Å². The summed E-state index contributed by atoms with van der Waals surface area (Å²) in [6, 6.07) is 13.3. The second-order valence-corrected chi connectivity index (χ2v) is 14.6. The van der Waals surface area contributed by atoms with Crippen LogP contribution < -0.4 is 48.9 Å². The molecule has 2 N–H and O–H groups in total. The number of likely N-dealkylation sites (tertiary alicyclic amines) is 1. The van der Waals surface area contributed by atoms with Crippen molar-refractivity contribution in [2.45, 2.75) is 51.2 Å². The maximum Gasteiger partial charge on any atom is 0.243 e. The van der Waals surface area contributed by atoms with Crippen LogP contribution in [0.1, 0.15) is 38.2 Å². The molecule has 0 spiro atoms. The van der Waals surface area contributed by atoms with Crippen molar-refractivity contribution in [3.63, 3.8) is 0 Å². The lowest BCUT2D eigenvalue weighted by atomic mass is 9.82. The third-order valence-corrected chi connectivity index (χ3v) is 11.4. The lowest BCUT2D eigenvalue weighted by Crippen LogP contribution is -2.56. The molecule has 0 saturated carbocycles. The van der Waals surface area contributed by atoms with Gasteiger partial charge in [-0.05, 0) is 81.4 Å². The molecule has 2 fully saturated rings. The number of halogens is 1. The SMILES string of the molecule is CCOc1cc(CN2CCC(C3CC(N(N)c4nc(OC)c5cc(OC)c(OC)cc5n4)CCN3c3nc(OC)c4cc(OC)c(OC)cc4n3)CC2)ccc1Cl. The molecular weight excluding hydrogens is 752 g/mol. The van der Waals surface area contributed by atoms with Crippen LogP contribution in [0.5, 0.6) is 40.5 Å². The molecule has 2 aliphatic rings. The van der Waals surface area contributed by atoms with E-state index in [0.29, 0.717) is 93.6 Å². The van der Waals surface area contributed by atoms with E-state index in [4.69, 9.17) is 70.5 Å². The molecule has 0 amide bonds. The van der Waals surface area contributed by atoms with Gasteiger partial charge >= 0.3 is 0 Å². The van der Waals surface area contributed by atoms with Crippen molar-refractivity contribution in [3.8, 4) is 40.5 Å². The average Bonchev–Trinajstić information content (AvgIpc) is 3.25. The summed E-state index contributed by atoms with van der Waals surface area (Å²) in [4.78, 5) is 24.6. The molecular formula is C41H51ClN8O7. The van der Waals surface area contributed by atoms with E-state index in [9.17, 15) is 0 Å². The number of nitrogens with zero attached hydrogens (tertiary/aromatic N) is 7. The van der Waals surface area contributed by atoms with Crippen molar-refractivity contribution in [2.24, 2.45) is 11.8 Å². The molecule has 2 aromatic heterocycles. The topological polar surface area (TPSA) is 152 Å². The lowest BCUT2D eigenvalue weighted by molar-refractivity contribution is 0.148. The Labute approximate surface area is 337 Å². The first-order chi connectivity index (χ1) is 27.7. The summed E-state index contributed by atoms with van der Waals surface area (Å²) in [6.07, 6.45) is 3.38. The van der Waals surface area contributed by atoms with Crippen LogP contribution in [0.25, 0.3) is 21.8 Å².